The highest BCUT2D eigenvalue weighted by molar-refractivity contribution is 6.30. The summed E-state index contributed by atoms with van der Waals surface area (Å²) >= 11 is 5.76. The summed E-state index contributed by atoms with van der Waals surface area (Å²) in [5.41, 5.74) is 1.92. The Kier molecular flexibility index (Phi) is 4.91. The first-order valence-corrected chi connectivity index (χ1v) is 6.83. The summed E-state index contributed by atoms with van der Waals surface area (Å²) in [5.74, 6) is -0.188. The monoisotopic (exact) mass is 316 g/mol. The summed E-state index contributed by atoms with van der Waals surface area (Å²) in [6.07, 6.45) is 2.82. The number of halogens is 1. The molecule has 22 heavy (non-hydrogen) atoms. The fourth-order valence-electron chi connectivity index (χ4n) is 1.80. The fraction of sp³-hybridized carbons (Fsp3) is 0.0625. The highest BCUT2D eigenvalue weighted by Gasteiger charge is 2.07. The van der Waals surface area contributed by atoms with Crippen LogP contribution < -0.4 is 5.32 Å². The molecule has 0 radical (unpaired) electrons. The molecule has 0 aliphatic heterocycles. The second-order valence-electron chi connectivity index (χ2n) is 4.61. The maximum atomic E-state index is 11.9. The van der Waals surface area contributed by atoms with Gasteiger partial charge in [-0.3, -0.25) is 14.9 Å². The molecule has 2 aromatic carbocycles. The molecular formula is C16H13ClN2O3. The first kappa shape index (κ1) is 15.7. The van der Waals surface area contributed by atoms with Crippen molar-refractivity contribution in [3.63, 3.8) is 0 Å². The van der Waals surface area contributed by atoms with Crippen molar-refractivity contribution in [2.75, 3.05) is 5.32 Å². The Morgan fingerprint density at radius 2 is 1.91 bits per heavy atom. The van der Waals surface area contributed by atoms with E-state index in [4.69, 9.17) is 11.6 Å². The average molecular weight is 317 g/mol. The lowest BCUT2D eigenvalue weighted by molar-refractivity contribution is -0.384. The summed E-state index contributed by atoms with van der Waals surface area (Å²) < 4.78 is 0. The van der Waals surface area contributed by atoms with E-state index in [9.17, 15) is 14.9 Å². The van der Waals surface area contributed by atoms with E-state index in [1.165, 1.54) is 24.4 Å². The first-order valence-electron chi connectivity index (χ1n) is 6.45. The van der Waals surface area contributed by atoms with Gasteiger partial charge in [0, 0.05) is 40.7 Å². The molecule has 0 heterocycles. The molecule has 2 rings (SSSR count). The molecule has 0 spiro atoms. The average Bonchev–Trinajstić information content (AvgIpc) is 2.49. The number of ketones is 1. The maximum Gasteiger partial charge on any atom is 0.271 e. The summed E-state index contributed by atoms with van der Waals surface area (Å²) in [7, 11) is 0. The minimum atomic E-state index is -0.465. The Hall–Kier alpha value is -2.66. The van der Waals surface area contributed by atoms with Crippen molar-refractivity contribution >= 4 is 28.8 Å². The molecule has 0 saturated heterocycles. The van der Waals surface area contributed by atoms with Gasteiger partial charge in [-0.05, 0) is 36.8 Å². The number of nitro groups is 1. The van der Waals surface area contributed by atoms with E-state index in [0.717, 1.165) is 5.56 Å². The molecule has 0 saturated carbocycles. The number of non-ortho nitro benzene ring substituents is 1. The molecule has 6 heteroatoms. The Morgan fingerprint density at radius 1 is 1.23 bits per heavy atom. The van der Waals surface area contributed by atoms with Crippen molar-refractivity contribution in [2.45, 2.75) is 6.92 Å². The lowest BCUT2D eigenvalue weighted by Gasteiger charge is -2.04. The van der Waals surface area contributed by atoms with Crippen LogP contribution in [-0.2, 0) is 0 Å². The number of carbonyl (C=O) groups is 1. The Bertz CT molecular complexity index is 740. The second-order valence-corrected chi connectivity index (χ2v) is 5.04. The number of nitrogens with zero attached hydrogens (tertiary/aromatic N) is 1. The zero-order chi connectivity index (χ0) is 16.1. The van der Waals surface area contributed by atoms with Crippen molar-refractivity contribution in [2.24, 2.45) is 0 Å². The van der Waals surface area contributed by atoms with Gasteiger partial charge in [0.2, 0.25) is 0 Å². The van der Waals surface area contributed by atoms with Gasteiger partial charge >= 0.3 is 0 Å². The molecule has 0 fully saturated rings. The Labute approximate surface area is 132 Å². The SMILES string of the molecule is Cc1ccc([N+](=O)[O-])cc1N/C=C\C(=O)c1ccc(Cl)cc1. The Balaban J connectivity index is 2.09. The van der Waals surface area contributed by atoms with Gasteiger partial charge in [0.15, 0.2) is 5.78 Å². The van der Waals surface area contributed by atoms with E-state index in [1.807, 2.05) is 6.92 Å². The predicted molar refractivity (Wildman–Crippen MR) is 86.4 cm³/mol. The van der Waals surface area contributed by atoms with Crippen LogP contribution >= 0.6 is 11.6 Å². The van der Waals surface area contributed by atoms with E-state index in [1.54, 1.807) is 30.3 Å². The van der Waals surface area contributed by atoms with Crippen LogP contribution in [0.3, 0.4) is 0 Å². The Morgan fingerprint density at radius 3 is 2.55 bits per heavy atom. The van der Waals surface area contributed by atoms with Crippen molar-refractivity contribution in [1.82, 2.24) is 0 Å². The number of nitro benzene ring substituents is 1. The smallest absolute Gasteiger partial charge is 0.271 e. The number of benzene rings is 2. The minimum absolute atomic E-state index is 0.00877. The number of rotatable bonds is 5. The third-order valence-electron chi connectivity index (χ3n) is 3.03. The number of hydrogen-bond acceptors (Lipinski definition) is 4. The second kappa shape index (κ2) is 6.87. The van der Waals surface area contributed by atoms with Crippen LogP contribution in [0.5, 0.6) is 0 Å². The lowest BCUT2D eigenvalue weighted by atomic mass is 10.1. The third-order valence-corrected chi connectivity index (χ3v) is 3.29. The van der Waals surface area contributed by atoms with E-state index >= 15 is 0 Å². The topological polar surface area (TPSA) is 72.2 Å². The molecule has 0 bridgehead atoms. The number of carbonyl (C=O) groups excluding carboxylic acids is 1. The van der Waals surface area contributed by atoms with Crippen molar-refractivity contribution < 1.29 is 9.72 Å². The van der Waals surface area contributed by atoms with E-state index < -0.39 is 4.92 Å². The number of nitrogens with one attached hydrogen (secondary N) is 1. The molecular weight excluding hydrogens is 304 g/mol. The molecule has 0 amide bonds. The van der Waals surface area contributed by atoms with Gasteiger partial charge < -0.3 is 5.32 Å². The lowest BCUT2D eigenvalue weighted by Crippen LogP contribution is -1.98. The molecule has 1 N–H and O–H groups in total. The van der Waals surface area contributed by atoms with Crippen LogP contribution in [0.25, 0.3) is 0 Å². The number of hydrogen-bond donors (Lipinski definition) is 1. The fourth-order valence-corrected chi connectivity index (χ4v) is 1.92. The van der Waals surface area contributed by atoms with Gasteiger partial charge in [-0.2, -0.15) is 0 Å². The molecule has 0 aliphatic rings. The zero-order valence-corrected chi connectivity index (χ0v) is 12.5. The van der Waals surface area contributed by atoms with Crippen molar-refractivity contribution in [3.8, 4) is 0 Å². The molecule has 0 aromatic heterocycles. The molecule has 0 atom stereocenters. The largest absolute Gasteiger partial charge is 0.361 e. The number of allylic oxidation sites excluding steroid dienone is 1. The van der Waals surface area contributed by atoms with Crippen LogP contribution in [0.2, 0.25) is 5.02 Å². The predicted octanol–water partition coefficient (Wildman–Crippen LogP) is 4.37. The van der Waals surface area contributed by atoms with Crippen LogP contribution in [0, 0.1) is 17.0 Å². The third kappa shape index (κ3) is 3.93. The molecule has 0 aliphatic carbocycles. The van der Waals surface area contributed by atoms with Crippen molar-refractivity contribution in [1.29, 1.82) is 0 Å². The number of anilines is 1. The van der Waals surface area contributed by atoms with Crippen molar-refractivity contribution in [3.05, 3.63) is 81.0 Å². The summed E-state index contributed by atoms with van der Waals surface area (Å²) in [6, 6.07) is 11.0. The molecule has 112 valence electrons. The molecule has 0 unspecified atom stereocenters. The number of aryl methyl sites for hydroxylation is 1. The van der Waals surface area contributed by atoms with Gasteiger partial charge in [0.05, 0.1) is 4.92 Å². The summed E-state index contributed by atoms with van der Waals surface area (Å²) in [4.78, 5) is 22.2. The van der Waals surface area contributed by atoms with Gasteiger partial charge in [-0.15, -0.1) is 0 Å². The zero-order valence-electron chi connectivity index (χ0n) is 11.7. The van der Waals surface area contributed by atoms with E-state index in [-0.39, 0.29) is 11.5 Å². The van der Waals surface area contributed by atoms with Gasteiger partial charge in [0.1, 0.15) is 0 Å². The van der Waals surface area contributed by atoms with Crippen LogP contribution in [0.1, 0.15) is 15.9 Å². The highest BCUT2D eigenvalue weighted by atomic mass is 35.5. The van der Waals surface area contributed by atoms with E-state index in [0.29, 0.717) is 16.3 Å². The van der Waals surface area contributed by atoms with Gasteiger partial charge in [-0.25, -0.2) is 0 Å². The van der Waals surface area contributed by atoms with Crippen LogP contribution in [0.4, 0.5) is 11.4 Å². The van der Waals surface area contributed by atoms with Crippen LogP contribution in [-0.4, -0.2) is 10.7 Å². The summed E-state index contributed by atoms with van der Waals surface area (Å²) in [6.45, 7) is 1.82. The van der Waals surface area contributed by atoms with Gasteiger partial charge in [-0.1, -0.05) is 17.7 Å². The normalized spacial score (nSPS) is 10.6. The minimum Gasteiger partial charge on any atom is -0.361 e. The first-order chi connectivity index (χ1) is 10.5. The van der Waals surface area contributed by atoms with Crippen LogP contribution in [0.15, 0.2) is 54.7 Å². The molecule has 5 nitrogen and oxygen atoms in total. The van der Waals surface area contributed by atoms with E-state index in [2.05, 4.69) is 5.32 Å². The summed E-state index contributed by atoms with van der Waals surface area (Å²) in [5, 5.41) is 14.2. The maximum absolute atomic E-state index is 11.9. The quantitative estimate of drug-likeness (QED) is 0.385. The molecule has 2 aromatic rings. The standard InChI is InChI=1S/C16H13ClN2O3/c1-11-2-7-14(19(21)22)10-15(11)18-9-8-16(20)12-3-5-13(17)6-4-12/h2-10,18H,1H3/b9-8-. The van der Waals surface area contributed by atoms with Gasteiger partial charge in [0.25, 0.3) is 5.69 Å². The highest BCUT2D eigenvalue weighted by Crippen LogP contribution is 2.21.